The van der Waals surface area contributed by atoms with Crippen molar-refractivity contribution < 1.29 is 18.7 Å². The molecule has 6 heteroatoms. The Hall–Kier alpha value is -2.89. The standard InChI is InChI=1S/C19H21FN2O3/c1-13(14-3-2-4-15(20)12-14)11-19(24)22-16-5-7-17(8-6-16)25-10-9-18(21)23/h2-8,12-13H,9-11H2,1H3,(H2,21,23)(H,22,24)/t13-/m0/s1. The number of anilines is 1. The normalized spacial score (nSPS) is 11.6. The van der Waals surface area contributed by atoms with Crippen LogP contribution in [-0.2, 0) is 9.59 Å². The van der Waals surface area contributed by atoms with E-state index in [1.165, 1.54) is 12.1 Å². The van der Waals surface area contributed by atoms with Crippen LogP contribution in [0.25, 0.3) is 0 Å². The summed E-state index contributed by atoms with van der Waals surface area (Å²) in [6.07, 6.45) is 0.400. The van der Waals surface area contributed by atoms with E-state index in [9.17, 15) is 14.0 Å². The van der Waals surface area contributed by atoms with E-state index in [0.29, 0.717) is 11.4 Å². The average Bonchev–Trinajstić information content (AvgIpc) is 2.56. The zero-order valence-electron chi connectivity index (χ0n) is 14.0. The van der Waals surface area contributed by atoms with Gasteiger partial charge in [0.05, 0.1) is 13.0 Å². The molecular weight excluding hydrogens is 323 g/mol. The van der Waals surface area contributed by atoms with Crippen LogP contribution in [0.1, 0.15) is 31.2 Å². The number of primary amides is 1. The summed E-state index contributed by atoms with van der Waals surface area (Å²) < 4.78 is 18.6. The van der Waals surface area contributed by atoms with E-state index >= 15 is 0 Å². The SMILES string of the molecule is C[C@@H](CC(=O)Nc1ccc(OCCC(N)=O)cc1)c1cccc(F)c1. The molecule has 0 heterocycles. The van der Waals surface area contributed by atoms with Crippen LogP contribution in [0.5, 0.6) is 5.75 Å². The van der Waals surface area contributed by atoms with Crippen molar-refractivity contribution in [2.75, 3.05) is 11.9 Å². The van der Waals surface area contributed by atoms with E-state index in [0.717, 1.165) is 5.56 Å². The van der Waals surface area contributed by atoms with E-state index < -0.39 is 5.91 Å². The number of carbonyl (C=O) groups is 2. The second-order valence-electron chi connectivity index (χ2n) is 5.80. The lowest BCUT2D eigenvalue weighted by molar-refractivity contribution is -0.118. The van der Waals surface area contributed by atoms with Gasteiger partial charge in [-0.05, 0) is 47.9 Å². The Balaban J connectivity index is 1.84. The Morgan fingerprint density at radius 3 is 2.56 bits per heavy atom. The van der Waals surface area contributed by atoms with Crippen LogP contribution in [0.3, 0.4) is 0 Å². The van der Waals surface area contributed by atoms with Gasteiger partial charge in [0.2, 0.25) is 11.8 Å². The first-order chi connectivity index (χ1) is 11.9. The number of amides is 2. The highest BCUT2D eigenvalue weighted by molar-refractivity contribution is 5.91. The maximum Gasteiger partial charge on any atom is 0.224 e. The van der Waals surface area contributed by atoms with Crippen LogP contribution >= 0.6 is 0 Å². The molecule has 2 rings (SSSR count). The number of benzene rings is 2. The van der Waals surface area contributed by atoms with Gasteiger partial charge in [-0.1, -0.05) is 19.1 Å². The molecule has 132 valence electrons. The van der Waals surface area contributed by atoms with Gasteiger partial charge in [-0.3, -0.25) is 9.59 Å². The zero-order chi connectivity index (χ0) is 18.2. The molecule has 0 aliphatic rings. The zero-order valence-corrected chi connectivity index (χ0v) is 14.0. The van der Waals surface area contributed by atoms with Gasteiger partial charge in [-0.25, -0.2) is 4.39 Å². The summed E-state index contributed by atoms with van der Waals surface area (Å²) in [5.41, 5.74) is 6.46. The predicted molar refractivity (Wildman–Crippen MR) is 93.8 cm³/mol. The second kappa shape index (κ2) is 8.82. The molecule has 0 fully saturated rings. The smallest absolute Gasteiger partial charge is 0.224 e. The van der Waals surface area contributed by atoms with Gasteiger partial charge in [-0.15, -0.1) is 0 Å². The van der Waals surface area contributed by atoms with E-state index in [1.54, 1.807) is 36.4 Å². The minimum absolute atomic E-state index is 0.0906. The van der Waals surface area contributed by atoms with Gasteiger partial charge in [0.25, 0.3) is 0 Å². The largest absolute Gasteiger partial charge is 0.493 e. The first kappa shape index (κ1) is 18.4. The number of carbonyl (C=O) groups excluding carboxylic acids is 2. The van der Waals surface area contributed by atoms with Gasteiger partial charge in [0, 0.05) is 12.1 Å². The highest BCUT2D eigenvalue weighted by Gasteiger charge is 2.12. The summed E-state index contributed by atoms with van der Waals surface area (Å²) in [6, 6.07) is 13.1. The molecule has 1 atom stereocenters. The Bertz CT molecular complexity index is 732. The number of halogens is 1. The summed E-state index contributed by atoms with van der Waals surface area (Å²) in [6.45, 7) is 2.09. The first-order valence-electron chi connectivity index (χ1n) is 8.00. The van der Waals surface area contributed by atoms with Crippen LogP contribution in [0.2, 0.25) is 0 Å². The Kier molecular flexibility index (Phi) is 6.51. The van der Waals surface area contributed by atoms with Crippen molar-refractivity contribution in [2.24, 2.45) is 5.73 Å². The molecule has 2 amide bonds. The fourth-order valence-electron chi connectivity index (χ4n) is 2.33. The van der Waals surface area contributed by atoms with Crippen molar-refractivity contribution in [1.29, 1.82) is 0 Å². The van der Waals surface area contributed by atoms with E-state index in [4.69, 9.17) is 10.5 Å². The number of ether oxygens (including phenoxy) is 1. The van der Waals surface area contributed by atoms with E-state index in [-0.39, 0.29) is 37.1 Å². The van der Waals surface area contributed by atoms with E-state index in [2.05, 4.69) is 5.32 Å². The molecule has 3 N–H and O–H groups in total. The molecule has 0 radical (unpaired) electrons. The molecule has 0 aliphatic carbocycles. The van der Waals surface area contributed by atoms with Crippen LogP contribution in [-0.4, -0.2) is 18.4 Å². The van der Waals surface area contributed by atoms with Crippen LogP contribution in [0, 0.1) is 5.82 Å². The molecule has 0 spiro atoms. The fraction of sp³-hybridized carbons (Fsp3) is 0.263. The number of nitrogens with one attached hydrogen (secondary N) is 1. The Morgan fingerprint density at radius 1 is 1.20 bits per heavy atom. The summed E-state index contributed by atoms with van der Waals surface area (Å²) >= 11 is 0. The molecule has 25 heavy (non-hydrogen) atoms. The fourth-order valence-corrected chi connectivity index (χ4v) is 2.33. The summed E-state index contributed by atoms with van der Waals surface area (Å²) in [5, 5.41) is 2.80. The van der Waals surface area contributed by atoms with Gasteiger partial charge >= 0.3 is 0 Å². The number of hydrogen-bond donors (Lipinski definition) is 2. The molecular formula is C19H21FN2O3. The molecule has 5 nitrogen and oxygen atoms in total. The van der Waals surface area contributed by atoms with Gasteiger partial charge in [-0.2, -0.15) is 0 Å². The monoisotopic (exact) mass is 344 g/mol. The number of hydrogen-bond acceptors (Lipinski definition) is 3. The molecule has 0 aliphatic heterocycles. The van der Waals surface area contributed by atoms with Crippen molar-refractivity contribution in [3.8, 4) is 5.75 Å². The summed E-state index contributed by atoms with van der Waals surface area (Å²) in [4.78, 5) is 22.8. The molecule has 2 aromatic carbocycles. The molecule has 0 saturated heterocycles. The molecule has 2 aromatic rings. The molecule has 0 saturated carbocycles. The van der Waals surface area contributed by atoms with Crippen molar-refractivity contribution in [3.05, 3.63) is 59.9 Å². The van der Waals surface area contributed by atoms with Crippen molar-refractivity contribution in [2.45, 2.75) is 25.7 Å². The topological polar surface area (TPSA) is 81.4 Å². The third-order valence-electron chi connectivity index (χ3n) is 3.66. The van der Waals surface area contributed by atoms with Gasteiger partial charge in [0.15, 0.2) is 0 Å². The molecule has 0 bridgehead atoms. The highest BCUT2D eigenvalue weighted by Crippen LogP contribution is 2.21. The lowest BCUT2D eigenvalue weighted by Gasteiger charge is -2.12. The van der Waals surface area contributed by atoms with Crippen LogP contribution < -0.4 is 15.8 Å². The lowest BCUT2D eigenvalue weighted by atomic mass is 9.97. The van der Waals surface area contributed by atoms with Crippen LogP contribution in [0.4, 0.5) is 10.1 Å². The number of nitrogens with two attached hydrogens (primary N) is 1. The highest BCUT2D eigenvalue weighted by atomic mass is 19.1. The van der Waals surface area contributed by atoms with Gasteiger partial charge in [0.1, 0.15) is 11.6 Å². The third kappa shape index (κ3) is 6.25. The lowest BCUT2D eigenvalue weighted by Crippen LogP contribution is -2.15. The van der Waals surface area contributed by atoms with E-state index in [1.807, 2.05) is 6.92 Å². The Labute approximate surface area is 146 Å². The quantitative estimate of drug-likeness (QED) is 0.771. The van der Waals surface area contributed by atoms with Crippen molar-refractivity contribution in [3.63, 3.8) is 0 Å². The average molecular weight is 344 g/mol. The molecule has 0 unspecified atom stereocenters. The van der Waals surface area contributed by atoms with Crippen molar-refractivity contribution >= 4 is 17.5 Å². The predicted octanol–water partition coefficient (Wildman–Crippen LogP) is 3.21. The third-order valence-corrected chi connectivity index (χ3v) is 3.66. The maximum absolute atomic E-state index is 13.2. The van der Waals surface area contributed by atoms with Gasteiger partial charge < -0.3 is 15.8 Å². The molecule has 0 aromatic heterocycles. The first-order valence-corrected chi connectivity index (χ1v) is 8.00. The maximum atomic E-state index is 13.2. The Morgan fingerprint density at radius 2 is 1.92 bits per heavy atom. The summed E-state index contributed by atoms with van der Waals surface area (Å²) in [7, 11) is 0. The number of rotatable bonds is 8. The minimum Gasteiger partial charge on any atom is -0.493 e. The minimum atomic E-state index is -0.420. The van der Waals surface area contributed by atoms with Crippen molar-refractivity contribution in [1.82, 2.24) is 0 Å². The summed E-state index contributed by atoms with van der Waals surface area (Å²) in [5.74, 6) is -0.383. The van der Waals surface area contributed by atoms with Crippen LogP contribution in [0.15, 0.2) is 48.5 Å². The second-order valence-corrected chi connectivity index (χ2v) is 5.80.